The number of unbranched alkanes of at least 4 members (excludes halogenated alkanes) is 2. The summed E-state index contributed by atoms with van der Waals surface area (Å²) in [6.45, 7) is 8.09. The number of nitrogens with one attached hydrogen (secondary N) is 1. The average molecular weight is 216 g/mol. The third kappa shape index (κ3) is 8.85. The van der Waals surface area contributed by atoms with Gasteiger partial charge in [0.05, 0.1) is 0 Å². The molecule has 0 aliphatic carbocycles. The van der Waals surface area contributed by atoms with Crippen LogP contribution in [-0.2, 0) is 0 Å². The third-order valence-electron chi connectivity index (χ3n) is 3.00. The fourth-order valence-corrected chi connectivity index (χ4v) is 1.45. The largest absolute Gasteiger partial charge is 0.396 e. The Morgan fingerprint density at radius 2 is 1.93 bits per heavy atom. The molecule has 1 unspecified atom stereocenters. The lowest BCUT2D eigenvalue weighted by molar-refractivity contribution is 0.251. The zero-order chi connectivity index (χ0) is 11.5. The molecule has 0 aliphatic rings. The van der Waals surface area contributed by atoms with Crippen molar-refractivity contribution in [2.24, 2.45) is 0 Å². The van der Waals surface area contributed by atoms with Crippen LogP contribution in [0, 0.1) is 0 Å². The van der Waals surface area contributed by atoms with Gasteiger partial charge in [-0.25, -0.2) is 0 Å². The number of likely N-dealkylation sites (N-methyl/N-ethyl adjacent to an activating group) is 1. The molecule has 0 aromatic carbocycles. The monoisotopic (exact) mass is 216 g/mol. The zero-order valence-corrected chi connectivity index (χ0v) is 10.6. The van der Waals surface area contributed by atoms with Crippen LogP contribution in [0.1, 0.15) is 39.5 Å². The van der Waals surface area contributed by atoms with Crippen LogP contribution in [0.4, 0.5) is 0 Å². The predicted molar refractivity (Wildman–Crippen MR) is 66.2 cm³/mol. The molecule has 2 N–H and O–H groups in total. The molecule has 0 radical (unpaired) electrons. The molecule has 15 heavy (non-hydrogen) atoms. The minimum atomic E-state index is 0.330. The van der Waals surface area contributed by atoms with Crippen molar-refractivity contribution in [3.63, 3.8) is 0 Å². The summed E-state index contributed by atoms with van der Waals surface area (Å²) in [4.78, 5) is 2.39. The van der Waals surface area contributed by atoms with Crippen molar-refractivity contribution in [2.75, 3.05) is 33.3 Å². The van der Waals surface area contributed by atoms with Crippen LogP contribution < -0.4 is 5.32 Å². The Morgan fingerprint density at radius 1 is 1.20 bits per heavy atom. The molecule has 3 heteroatoms. The summed E-state index contributed by atoms with van der Waals surface area (Å²) in [5, 5.41) is 12.0. The summed E-state index contributed by atoms with van der Waals surface area (Å²) in [6, 6.07) is 0.682. The standard InChI is InChI=1S/C12H28N2O/c1-4-12(2)14(3)10-9-13-8-6-5-7-11-15/h12-13,15H,4-11H2,1-3H3. The second-order valence-electron chi connectivity index (χ2n) is 4.27. The van der Waals surface area contributed by atoms with Crippen molar-refractivity contribution in [3.05, 3.63) is 0 Å². The molecule has 0 aliphatic heterocycles. The Bertz CT molecular complexity index is 131. The smallest absolute Gasteiger partial charge is 0.0431 e. The van der Waals surface area contributed by atoms with Gasteiger partial charge < -0.3 is 15.3 Å². The first-order chi connectivity index (χ1) is 7.22. The van der Waals surface area contributed by atoms with Gasteiger partial charge in [0, 0.05) is 25.7 Å². The summed E-state index contributed by atoms with van der Waals surface area (Å²) >= 11 is 0. The number of hydrogen-bond donors (Lipinski definition) is 2. The normalized spacial score (nSPS) is 13.4. The number of nitrogens with zero attached hydrogens (tertiary/aromatic N) is 1. The van der Waals surface area contributed by atoms with E-state index in [-0.39, 0.29) is 0 Å². The zero-order valence-electron chi connectivity index (χ0n) is 10.6. The summed E-state index contributed by atoms with van der Waals surface area (Å²) < 4.78 is 0. The van der Waals surface area contributed by atoms with Gasteiger partial charge in [0.1, 0.15) is 0 Å². The highest BCUT2D eigenvalue weighted by Crippen LogP contribution is 1.98. The molecule has 0 bridgehead atoms. The molecule has 0 saturated heterocycles. The highest BCUT2D eigenvalue weighted by molar-refractivity contribution is 4.62. The van der Waals surface area contributed by atoms with E-state index in [9.17, 15) is 0 Å². The maximum absolute atomic E-state index is 8.60. The molecule has 0 saturated carbocycles. The lowest BCUT2D eigenvalue weighted by atomic mass is 10.2. The summed E-state index contributed by atoms with van der Waals surface area (Å²) in [5.74, 6) is 0. The first-order valence-electron chi connectivity index (χ1n) is 6.24. The van der Waals surface area contributed by atoms with Gasteiger partial charge in [-0.15, -0.1) is 0 Å². The van der Waals surface area contributed by atoms with Crippen LogP contribution in [0.5, 0.6) is 0 Å². The van der Waals surface area contributed by atoms with Crippen molar-refractivity contribution in [1.82, 2.24) is 10.2 Å². The molecule has 1 atom stereocenters. The Morgan fingerprint density at radius 3 is 2.53 bits per heavy atom. The Kier molecular flexibility index (Phi) is 10.3. The summed E-state index contributed by atoms with van der Waals surface area (Å²) in [7, 11) is 2.18. The van der Waals surface area contributed by atoms with Crippen LogP contribution in [-0.4, -0.2) is 49.3 Å². The molecule has 0 heterocycles. The van der Waals surface area contributed by atoms with Crippen molar-refractivity contribution in [2.45, 2.75) is 45.6 Å². The van der Waals surface area contributed by atoms with Gasteiger partial charge in [0.25, 0.3) is 0 Å². The number of hydrogen-bond acceptors (Lipinski definition) is 3. The van der Waals surface area contributed by atoms with E-state index < -0.39 is 0 Å². The van der Waals surface area contributed by atoms with Crippen LogP contribution in [0.2, 0.25) is 0 Å². The molecule has 0 spiro atoms. The molecule has 0 amide bonds. The number of aliphatic hydroxyl groups excluding tert-OH is 1. The van der Waals surface area contributed by atoms with Crippen LogP contribution in [0.15, 0.2) is 0 Å². The van der Waals surface area contributed by atoms with Gasteiger partial charge in [-0.2, -0.15) is 0 Å². The van der Waals surface area contributed by atoms with E-state index in [2.05, 4.69) is 31.1 Å². The second-order valence-corrected chi connectivity index (χ2v) is 4.27. The van der Waals surface area contributed by atoms with Crippen LogP contribution in [0.3, 0.4) is 0 Å². The van der Waals surface area contributed by atoms with E-state index in [4.69, 9.17) is 5.11 Å². The Balaban J connectivity index is 3.16. The van der Waals surface area contributed by atoms with Crippen molar-refractivity contribution < 1.29 is 5.11 Å². The van der Waals surface area contributed by atoms with Gasteiger partial charge >= 0.3 is 0 Å². The molecule has 3 nitrogen and oxygen atoms in total. The topological polar surface area (TPSA) is 35.5 Å². The van der Waals surface area contributed by atoms with Crippen LogP contribution >= 0.6 is 0 Å². The Labute approximate surface area is 94.9 Å². The SMILES string of the molecule is CCC(C)N(C)CCNCCCCCO. The Hall–Kier alpha value is -0.120. The summed E-state index contributed by atoms with van der Waals surface area (Å²) in [6.07, 6.45) is 4.46. The fourth-order valence-electron chi connectivity index (χ4n) is 1.45. The molecular formula is C12H28N2O. The van der Waals surface area contributed by atoms with Crippen molar-refractivity contribution >= 4 is 0 Å². The first-order valence-corrected chi connectivity index (χ1v) is 6.24. The third-order valence-corrected chi connectivity index (χ3v) is 3.00. The number of aliphatic hydroxyl groups is 1. The van der Waals surface area contributed by atoms with E-state index in [0.29, 0.717) is 12.6 Å². The highest BCUT2D eigenvalue weighted by Gasteiger charge is 2.04. The molecule has 92 valence electrons. The molecular weight excluding hydrogens is 188 g/mol. The van der Waals surface area contributed by atoms with Crippen LogP contribution in [0.25, 0.3) is 0 Å². The van der Waals surface area contributed by atoms with Gasteiger partial charge in [0.15, 0.2) is 0 Å². The maximum Gasteiger partial charge on any atom is 0.0431 e. The summed E-state index contributed by atoms with van der Waals surface area (Å²) in [5.41, 5.74) is 0. The van der Waals surface area contributed by atoms with Crippen molar-refractivity contribution in [1.29, 1.82) is 0 Å². The fraction of sp³-hybridized carbons (Fsp3) is 1.00. The minimum Gasteiger partial charge on any atom is -0.396 e. The number of rotatable bonds is 10. The predicted octanol–water partition coefficient (Wildman–Crippen LogP) is 1.47. The van der Waals surface area contributed by atoms with Gasteiger partial charge in [0.2, 0.25) is 0 Å². The van der Waals surface area contributed by atoms with Crippen molar-refractivity contribution in [3.8, 4) is 0 Å². The van der Waals surface area contributed by atoms with E-state index in [0.717, 1.165) is 32.5 Å². The average Bonchev–Trinajstić information content (AvgIpc) is 2.26. The highest BCUT2D eigenvalue weighted by atomic mass is 16.2. The molecule has 0 fully saturated rings. The van der Waals surface area contributed by atoms with Gasteiger partial charge in [-0.3, -0.25) is 0 Å². The lowest BCUT2D eigenvalue weighted by Crippen LogP contribution is -2.35. The maximum atomic E-state index is 8.60. The first kappa shape index (κ1) is 14.9. The van der Waals surface area contributed by atoms with Gasteiger partial charge in [-0.1, -0.05) is 6.92 Å². The molecule has 0 rings (SSSR count). The van der Waals surface area contributed by atoms with E-state index in [1.807, 2.05) is 0 Å². The van der Waals surface area contributed by atoms with E-state index in [1.54, 1.807) is 0 Å². The van der Waals surface area contributed by atoms with E-state index >= 15 is 0 Å². The second kappa shape index (κ2) is 10.4. The van der Waals surface area contributed by atoms with E-state index in [1.165, 1.54) is 12.8 Å². The quantitative estimate of drug-likeness (QED) is 0.543. The minimum absolute atomic E-state index is 0.330. The molecule has 0 aromatic heterocycles. The van der Waals surface area contributed by atoms with Gasteiger partial charge in [-0.05, 0) is 46.2 Å². The molecule has 0 aromatic rings. The lowest BCUT2D eigenvalue weighted by Gasteiger charge is -2.23.